The summed E-state index contributed by atoms with van der Waals surface area (Å²) < 4.78 is 2.21. The smallest absolute Gasteiger partial charge is 0.192 e. The molecule has 2 heterocycles. The number of benzene rings is 1. The number of halogens is 2. The first kappa shape index (κ1) is 19.7. The Kier molecular flexibility index (Phi) is 6.67. The second kappa shape index (κ2) is 8.79. The van der Waals surface area contributed by atoms with Crippen LogP contribution in [0.4, 0.5) is 0 Å². The molecule has 3 rings (SSSR count). The summed E-state index contributed by atoms with van der Waals surface area (Å²) in [6.45, 7) is 6.53. The van der Waals surface area contributed by atoms with E-state index in [2.05, 4.69) is 47.0 Å². The first-order valence-corrected chi connectivity index (χ1v) is 11.2. The van der Waals surface area contributed by atoms with Crippen LogP contribution in [0.25, 0.3) is 11.4 Å². The molecule has 0 fully saturated rings. The average Bonchev–Trinajstić information content (AvgIpc) is 3.22. The molecule has 3 aromatic rings. The van der Waals surface area contributed by atoms with Crippen LogP contribution in [0.1, 0.15) is 43.7 Å². The summed E-state index contributed by atoms with van der Waals surface area (Å²) >= 11 is 15.6. The van der Waals surface area contributed by atoms with Gasteiger partial charge in [0.05, 0.1) is 10.0 Å². The average molecular weight is 426 g/mol. The van der Waals surface area contributed by atoms with E-state index in [9.17, 15) is 0 Å². The Morgan fingerprint density at radius 3 is 2.65 bits per heavy atom. The topological polar surface area (TPSA) is 30.7 Å². The lowest BCUT2D eigenvalue weighted by atomic mass is 10.2. The third-order valence-corrected chi connectivity index (χ3v) is 6.69. The molecule has 7 heteroatoms. The van der Waals surface area contributed by atoms with Gasteiger partial charge >= 0.3 is 0 Å². The number of aryl methyl sites for hydroxylation is 1. The van der Waals surface area contributed by atoms with Crippen LogP contribution in [0.3, 0.4) is 0 Å². The number of nitrogens with zero attached hydrogens (tertiary/aromatic N) is 3. The number of aromatic nitrogens is 3. The Labute approximate surface area is 172 Å². The fraction of sp³-hybridized carbons (Fsp3) is 0.368. The normalized spacial score (nSPS) is 11.5. The van der Waals surface area contributed by atoms with E-state index in [1.54, 1.807) is 23.1 Å². The highest BCUT2D eigenvalue weighted by molar-refractivity contribution is 7.98. The Hall–Kier alpha value is -1.01. The lowest BCUT2D eigenvalue weighted by Crippen LogP contribution is -2.04. The van der Waals surface area contributed by atoms with E-state index in [1.165, 1.54) is 4.88 Å². The molecule has 1 aromatic carbocycles. The zero-order valence-corrected chi connectivity index (χ0v) is 18.1. The van der Waals surface area contributed by atoms with Gasteiger partial charge < -0.3 is 0 Å². The number of hydrogen-bond donors (Lipinski definition) is 0. The maximum absolute atomic E-state index is 6.12. The zero-order valence-electron chi connectivity index (χ0n) is 15.0. The second-order valence-corrected chi connectivity index (χ2v) is 9.11. The van der Waals surface area contributed by atoms with Crippen LogP contribution in [0.2, 0.25) is 10.0 Å². The molecule has 0 spiro atoms. The molecule has 0 aliphatic rings. The fourth-order valence-corrected chi connectivity index (χ4v) is 4.99. The Morgan fingerprint density at radius 1 is 1.15 bits per heavy atom. The lowest BCUT2D eigenvalue weighted by molar-refractivity contribution is 0.555. The predicted octanol–water partition coefficient (Wildman–Crippen LogP) is 7.14. The minimum atomic E-state index is 0.283. The molecular weight excluding hydrogens is 405 g/mol. The molecule has 0 N–H and O–H groups in total. The van der Waals surface area contributed by atoms with Gasteiger partial charge in [0.2, 0.25) is 0 Å². The van der Waals surface area contributed by atoms with E-state index in [0.717, 1.165) is 40.7 Å². The third-order valence-electron chi connectivity index (χ3n) is 3.94. The molecule has 0 aliphatic carbocycles. The number of hydrogen-bond acceptors (Lipinski definition) is 4. The van der Waals surface area contributed by atoms with Crippen molar-refractivity contribution in [2.75, 3.05) is 0 Å². The van der Waals surface area contributed by atoms with Gasteiger partial charge in [0, 0.05) is 27.6 Å². The van der Waals surface area contributed by atoms with E-state index in [-0.39, 0.29) is 6.04 Å². The van der Waals surface area contributed by atoms with E-state index in [4.69, 9.17) is 23.2 Å². The Bertz CT molecular complexity index is 887. The van der Waals surface area contributed by atoms with Gasteiger partial charge in [-0.15, -0.1) is 21.5 Å². The minimum absolute atomic E-state index is 0.283. The summed E-state index contributed by atoms with van der Waals surface area (Å²) in [5.41, 5.74) is 2.27. The molecule has 2 aromatic heterocycles. The van der Waals surface area contributed by atoms with Crippen molar-refractivity contribution in [1.82, 2.24) is 14.8 Å². The quantitative estimate of drug-likeness (QED) is 0.376. The van der Waals surface area contributed by atoms with Crippen LogP contribution < -0.4 is 0 Å². The van der Waals surface area contributed by atoms with Crippen LogP contribution >= 0.6 is 46.3 Å². The van der Waals surface area contributed by atoms with Crippen molar-refractivity contribution in [3.8, 4) is 11.4 Å². The maximum atomic E-state index is 6.12. The maximum Gasteiger partial charge on any atom is 0.192 e. The molecular formula is C19H21Cl2N3S2. The molecule has 0 bridgehead atoms. The van der Waals surface area contributed by atoms with Crippen LogP contribution in [0, 0.1) is 0 Å². The Balaban J connectivity index is 1.83. The van der Waals surface area contributed by atoms with Crippen molar-refractivity contribution in [3.63, 3.8) is 0 Å². The molecule has 26 heavy (non-hydrogen) atoms. The molecule has 138 valence electrons. The summed E-state index contributed by atoms with van der Waals surface area (Å²) in [6.07, 6.45) is 2.26. The van der Waals surface area contributed by atoms with Crippen molar-refractivity contribution in [2.24, 2.45) is 0 Å². The molecule has 0 saturated heterocycles. The van der Waals surface area contributed by atoms with E-state index in [1.807, 2.05) is 18.2 Å². The molecule has 3 nitrogen and oxygen atoms in total. The predicted molar refractivity (Wildman–Crippen MR) is 114 cm³/mol. The highest BCUT2D eigenvalue weighted by atomic mass is 35.5. The standard InChI is InChI=1S/C19H21Cl2N3S2/c1-4-5-15-9-14(11-25-15)18-22-23-19(24(18)12(2)3)26-10-13-6-7-16(20)17(21)8-13/h6-9,11-12H,4-5,10H2,1-3H3. The van der Waals surface area contributed by atoms with Crippen LogP contribution in [-0.2, 0) is 12.2 Å². The van der Waals surface area contributed by atoms with Gasteiger partial charge in [-0.25, -0.2) is 0 Å². The first-order chi connectivity index (χ1) is 12.5. The highest BCUT2D eigenvalue weighted by Gasteiger charge is 2.18. The van der Waals surface area contributed by atoms with Crippen molar-refractivity contribution in [1.29, 1.82) is 0 Å². The van der Waals surface area contributed by atoms with Crippen molar-refractivity contribution in [3.05, 3.63) is 50.1 Å². The summed E-state index contributed by atoms with van der Waals surface area (Å²) in [7, 11) is 0. The van der Waals surface area contributed by atoms with Crippen LogP contribution in [-0.4, -0.2) is 14.8 Å². The molecule has 0 saturated carbocycles. The van der Waals surface area contributed by atoms with Gasteiger partial charge in [-0.2, -0.15) is 0 Å². The third kappa shape index (κ3) is 4.45. The molecule has 0 amide bonds. The molecule has 0 aliphatic heterocycles. The summed E-state index contributed by atoms with van der Waals surface area (Å²) in [4.78, 5) is 1.39. The van der Waals surface area contributed by atoms with Crippen molar-refractivity contribution in [2.45, 2.75) is 50.6 Å². The SMILES string of the molecule is CCCc1cc(-c2nnc(SCc3ccc(Cl)c(Cl)c3)n2C(C)C)cs1. The van der Waals surface area contributed by atoms with Crippen LogP contribution in [0.5, 0.6) is 0 Å². The zero-order chi connectivity index (χ0) is 18.7. The summed E-state index contributed by atoms with van der Waals surface area (Å²) in [6, 6.07) is 8.26. The monoisotopic (exact) mass is 425 g/mol. The van der Waals surface area contributed by atoms with Crippen molar-refractivity contribution >= 4 is 46.3 Å². The van der Waals surface area contributed by atoms with E-state index in [0.29, 0.717) is 10.0 Å². The molecule has 0 radical (unpaired) electrons. The number of thiophene rings is 1. The lowest BCUT2D eigenvalue weighted by Gasteiger charge is -2.13. The van der Waals surface area contributed by atoms with E-state index < -0.39 is 0 Å². The molecule has 0 unspecified atom stereocenters. The van der Waals surface area contributed by atoms with Gasteiger partial charge in [-0.05, 0) is 44.0 Å². The minimum Gasteiger partial charge on any atom is -0.299 e. The summed E-state index contributed by atoms with van der Waals surface area (Å²) in [5, 5.41) is 13.2. The molecule has 0 atom stereocenters. The number of rotatable bonds is 7. The van der Waals surface area contributed by atoms with Crippen molar-refractivity contribution < 1.29 is 0 Å². The van der Waals surface area contributed by atoms with Gasteiger partial charge in [0.15, 0.2) is 11.0 Å². The largest absolute Gasteiger partial charge is 0.299 e. The van der Waals surface area contributed by atoms with Gasteiger partial charge in [0.1, 0.15) is 0 Å². The second-order valence-electron chi connectivity index (χ2n) is 6.36. The van der Waals surface area contributed by atoms with Gasteiger partial charge in [0.25, 0.3) is 0 Å². The number of thioether (sulfide) groups is 1. The van der Waals surface area contributed by atoms with Gasteiger partial charge in [-0.3, -0.25) is 4.57 Å². The van der Waals surface area contributed by atoms with E-state index >= 15 is 0 Å². The summed E-state index contributed by atoms with van der Waals surface area (Å²) in [5.74, 6) is 1.71. The fourth-order valence-electron chi connectivity index (χ4n) is 2.69. The Morgan fingerprint density at radius 2 is 1.96 bits per heavy atom. The first-order valence-electron chi connectivity index (χ1n) is 8.59. The highest BCUT2D eigenvalue weighted by Crippen LogP contribution is 2.33. The van der Waals surface area contributed by atoms with Crippen LogP contribution in [0.15, 0.2) is 34.8 Å². The van der Waals surface area contributed by atoms with Gasteiger partial charge in [-0.1, -0.05) is 54.4 Å².